The SMILES string of the molecule is [N-]=[N+]=NC(CCN)CCCCCCN. The summed E-state index contributed by atoms with van der Waals surface area (Å²) in [5, 5.41) is 3.71. The van der Waals surface area contributed by atoms with Crippen molar-refractivity contribution in [3.63, 3.8) is 0 Å². The Kier molecular flexibility index (Phi) is 9.74. The van der Waals surface area contributed by atoms with E-state index < -0.39 is 0 Å². The molecule has 0 bridgehead atoms. The molecule has 0 aromatic heterocycles. The molecule has 1 atom stereocenters. The number of nitrogens with two attached hydrogens (primary N) is 2. The molecule has 1 unspecified atom stereocenters. The molecule has 0 saturated heterocycles. The molecule has 0 aliphatic heterocycles. The van der Waals surface area contributed by atoms with Gasteiger partial charge in [-0.05, 0) is 37.9 Å². The smallest absolute Gasteiger partial charge is 0.0386 e. The first-order valence-electron chi connectivity index (χ1n) is 5.29. The highest BCUT2D eigenvalue weighted by molar-refractivity contribution is 4.67. The monoisotopic (exact) mass is 199 g/mol. The van der Waals surface area contributed by atoms with Crippen LogP contribution in [-0.4, -0.2) is 19.1 Å². The van der Waals surface area contributed by atoms with Gasteiger partial charge in [-0.2, -0.15) is 0 Å². The molecule has 4 N–H and O–H groups in total. The average molecular weight is 199 g/mol. The van der Waals surface area contributed by atoms with Gasteiger partial charge in [0.2, 0.25) is 0 Å². The standard InChI is InChI=1S/C9H21N5/c10-7-4-2-1-3-5-9(6-8-11)13-14-12/h9H,1-8,10-11H2. The Morgan fingerprint density at radius 1 is 1.00 bits per heavy atom. The lowest BCUT2D eigenvalue weighted by atomic mass is 10.1. The van der Waals surface area contributed by atoms with Crippen molar-refractivity contribution in [1.29, 1.82) is 0 Å². The molecule has 5 nitrogen and oxygen atoms in total. The molecule has 0 fully saturated rings. The zero-order valence-electron chi connectivity index (χ0n) is 8.73. The van der Waals surface area contributed by atoms with Gasteiger partial charge in [0.15, 0.2) is 0 Å². The van der Waals surface area contributed by atoms with Crippen molar-refractivity contribution in [2.75, 3.05) is 13.1 Å². The molecule has 0 aliphatic carbocycles. The van der Waals surface area contributed by atoms with Gasteiger partial charge in [0.1, 0.15) is 0 Å². The van der Waals surface area contributed by atoms with Crippen LogP contribution < -0.4 is 11.5 Å². The fourth-order valence-corrected chi connectivity index (χ4v) is 1.40. The van der Waals surface area contributed by atoms with Crippen LogP contribution in [0.3, 0.4) is 0 Å². The number of unbranched alkanes of at least 4 members (excludes halogenated alkanes) is 3. The van der Waals surface area contributed by atoms with E-state index in [2.05, 4.69) is 10.0 Å². The van der Waals surface area contributed by atoms with E-state index in [-0.39, 0.29) is 6.04 Å². The third kappa shape index (κ3) is 7.86. The number of rotatable bonds is 9. The average Bonchev–Trinajstić information content (AvgIpc) is 2.18. The van der Waals surface area contributed by atoms with Crippen molar-refractivity contribution >= 4 is 0 Å². The first-order valence-corrected chi connectivity index (χ1v) is 5.29. The van der Waals surface area contributed by atoms with Gasteiger partial charge in [-0.3, -0.25) is 0 Å². The van der Waals surface area contributed by atoms with Crippen LogP contribution >= 0.6 is 0 Å². The minimum Gasteiger partial charge on any atom is -0.330 e. The van der Waals surface area contributed by atoms with Gasteiger partial charge in [0.25, 0.3) is 0 Å². The predicted molar refractivity (Wildman–Crippen MR) is 58.7 cm³/mol. The van der Waals surface area contributed by atoms with Gasteiger partial charge in [-0.15, -0.1) is 0 Å². The molecule has 0 amide bonds. The van der Waals surface area contributed by atoms with Crippen LogP contribution in [0.4, 0.5) is 0 Å². The number of nitrogens with zero attached hydrogens (tertiary/aromatic N) is 3. The second-order valence-electron chi connectivity index (χ2n) is 3.43. The fourth-order valence-electron chi connectivity index (χ4n) is 1.40. The molecule has 0 aromatic carbocycles. The van der Waals surface area contributed by atoms with E-state index in [4.69, 9.17) is 17.0 Å². The van der Waals surface area contributed by atoms with Crippen molar-refractivity contribution in [2.45, 2.75) is 44.6 Å². The number of hydrogen-bond donors (Lipinski definition) is 2. The highest BCUT2D eigenvalue weighted by Gasteiger charge is 2.03. The molecule has 0 radical (unpaired) electrons. The van der Waals surface area contributed by atoms with E-state index in [9.17, 15) is 0 Å². The second kappa shape index (κ2) is 10.3. The van der Waals surface area contributed by atoms with Crippen LogP contribution in [0, 0.1) is 0 Å². The molecule has 0 spiro atoms. The minimum absolute atomic E-state index is 0.0860. The third-order valence-corrected chi connectivity index (χ3v) is 2.21. The van der Waals surface area contributed by atoms with Crippen LogP contribution in [-0.2, 0) is 0 Å². The van der Waals surface area contributed by atoms with E-state index in [0.29, 0.717) is 6.54 Å². The highest BCUT2D eigenvalue weighted by atomic mass is 15.1. The summed E-state index contributed by atoms with van der Waals surface area (Å²) in [5.74, 6) is 0. The van der Waals surface area contributed by atoms with Crippen molar-refractivity contribution in [1.82, 2.24) is 0 Å². The molecule has 0 rings (SSSR count). The fraction of sp³-hybridized carbons (Fsp3) is 1.00. The molecule has 0 aliphatic rings. The third-order valence-electron chi connectivity index (χ3n) is 2.21. The lowest BCUT2D eigenvalue weighted by molar-refractivity contribution is 0.522. The second-order valence-corrected chi connectivity index (χ2v) is 3.43. The van der Waals surface area contributed by atoms with E-state index >= 15 is 0 Å². The van der Waals surface area contributed by atoms with E-state index in [0.717, 1.165) is 32.2 Å². The van der Waals surface area contributed by atoms with Crippen LogP contribution in [0.25, 0.3) is 10.4 Å². The Labute approximate surface area is 85.5 Å². The maximum absolute atomic E-state index is 8.31. The van der Waals surface area contributed by atoms with E-state index in [1.54, 1.807) is 0 Å². The van der Waals surface area contributed by atoms with Crippen LogP contribution in [0.5, 0.6) is 0 Å². The van der Waals surface area contributed by atoms with E-state index in [1.807, 2.05) is 0 Å². The van der Waals surface area contributed by atoms with Crippen LogP contribution in [0.1, 0.15) is 38.5 Å². The Hall–Kier alpha value is -0.770. The Balaban J connectivity index is 3.45. The normalized spacial score (nSPS) is 12.1. The van der Waals surface area contributed by atoms with Gasteiger partial charge in [0.05, 0.1) is 0 Å². The zero-order valence-corrected chi connectivity index (χ0v) is 8.73. The minimum atomic E-state index is 0.0860. The zero-order chi connectivity index (χ0) is 10.6. The predicted octanol–water partition coefficient (Wildman–Crippen LogP) is 1.92. The molecular formula is C9H21N5. The number of azide groups is 1. The summed E-state index contributed by atoms with van der Waals surface area (Å²) in [6, 6.07) is 0.0860. The summed E-state index contributed by atoms with van der Waals surface area (Å²) in [6.07, 6.45) is 6.26. The molecule has 0 saturated carbocycles. The Bertz CT molecular complexity index is 165. The summed E-state index contributed by atoms with van der Waals surface area (Å²) in [5.41, 5.74) is 19.1. The lowest BCUT2D eigenvalue weighted by Crippen LogP contribution is -2.11. The summed E-state index contributed by atoms with van der Waals surface area (Å²) in [4.78, 5) is 2.82. The van der Waals surface area contributed by atoms with Gasteiger partial charge in [-0.25, -0.2) is 0 Å². The first-order chi connectivity index (χ1) is 6.85. The van der Waals surface area contributed by atoms with Crippen molar-refractivity contribution in [3.05, 3.63) is 10.4 Å². The van der Waals surface area contributed by atoms with Gasteiger partial charge < -0.3 is 11.5 Å². The van der Waals surface area contributed by atoms with E-state index in [1.165, 1.54) is 12.8 Å². The molecule has 5 heteroatoms. The summed E-state index contributed by atoms with van der Waals surface area (Å²) < 4.78 is 0. The topological polar surface area (TPSA) is 101 Å². The van der Waals surface area contributed by atoms with Gasteiger partial charge in [-0.1, -0.05) is 24.4 Å². The Morgan fingerprint density at radius 3 is 2.29 bits per heavy atom. The van der Waals surface area contributed by atoms with Crippen molar-refractivity contribution in [2.24, 2.45) is 16.6 Å². The summed E-state index contributed by atoms with van der Waals surface area (Å²) in [6.45, 7) is 1.36. The van der Waals surface area contributed by atoms with Crippen molar-refractivity contribution in [3.8, 4) is 0 Å². The molecule has 82 valence electrons. The molecule has 14 heavy (non-hydrogen) atoms. The van der Waals surface area contributed by atoms with Crippen LogP contribution in [0.15, 0.2) is 5.11 Å². The molecule has 0 heterocycles. The van der Waals surface area contributed by atoms with Crippen LogP contribution in [0.2, 0.25) is 0 Å². The first kappa shape index (κ1) is 13.2. The maximum Gasteiger partial charge on any atom is 0.0386 e. The quantitative estimate of drug-likeness (QED) is 0.256. The molecular weight excluding hydrogens is 178 g/mol. The van der Waals surface area contributed by atoms with Crippen molar-refractivity contribution < 1.29 is 0 Å². The lowest BCUT2D eigenvalue weighted by Gasteiger charge is -2.08. The molecule has 0 aromatic rings. The highest BCUT2D eigenvalue weighted by Crippen LogP contribution is 2.10. The largest absolute Gasteiger partial charge is 0.330 e. The Morgan fingerprint density at radius 2 is 1.71 bits per heavy atom. The maximum atomic E-state index is 8.31. The van der Waals surface area contributed by atoms with Gasteiger partial charge >= 0.3 is 0 Å². The van der Waals surface area contributed by atoms with Gasteiger partial charge in [0, 0.05) is 11.0 Å². The summed E-state index contributed by atoms with van der Waals surface area (Å²) >= 11 is 0. The number of hydrogen-bond acceptors (Lipinski definition) is 3. The summed E-state index contributed by atoms with van der Waals surface area (Å²) in [7, 11) is 0.